The maximum absolute atomic E-state index is 12.1. The summed E-state index contributed by atoms with van der Waals surface area (Å²) in [5.74, 6) is 0.555. The van der Waals surface area contributed by atoms with Gasteiger partial charge in [0.15, 0.2) is 5.69 Å². The number of nitrogens with one attached hydrogen (secondary N) is 1. The highest BCUT2D eigenvalue weighted by molar-refractivity contribution is 5.92. The van der Waals surface area contributed by atoms with Crippen LogP contribution < -0.4 is 10.1 Å². The first kappa shape index (κ1) is 14.6. The number of aromatic nitrogens is 2. The van der Waals surface area contributed by atoms with Gasteiger partial charge < -0.3 is 15.2 Å². The van der Waals surface area contributed by atoms with Gasteiger partial charge in [0.1, 0.15) is 5.75 Å². The Balaban J connectivity index is 1.66. The number of rotatable bonds is 6. The molecule has 0 atom stereocenters. The van der Waals surface area contributed by atoms with Crippen molar-refractivity contribution in [2.24, 2.45) is 5.41 Å². The highest BCUT2D eigenvalue weighted by Gasteiger charge is 2.42. The van der Waals surface area contributed by atoms with Crippen LogP contribution in [0.2, 0.25) is 0 Å². The average molecular weight is 301 g/mol. The third-order valence-corrected chi connectivity index (χ3v) is 4.08. The van der Waals surface area contributed by atoms with E-state index in [9.17, 15) is 9.90 Å². The van der Waals surface area contributed by atoms with E-state index >= 15 is 0 Å². The predicted octanol–water partition coefficient (Wildman–Crippen LogP) is 1.38. The van der Waals surface area contributed by atoms with Crippen LogP contribution in [-0.2, 0) is 0 Å². The predicted molar refractivity (Wildman–Crippen MR) is 81.2 cm³/mol. The molecule has 0 saturated heterocycles. The summed E-state index contributed by atoms with van der Waals surface area (Å²) in [4.78, 5) is 12.1. The number of aliphatic hydroxyl groups is 1. The van der Waals surface area contributed by atoms with Crippen molar-refractivity contribution in [3.8, 4) is 11.4 Å². The lowest BCUT2D eigenvalue weighted by atomic mass is 10.1. The summed E-state index contributed by atoms with van der Waals surface area (Å²) in [6, 6.07) is 9.11. The zero-order valence-electron chi connectivity index (χ0n) is 12.5. The molecule has 0 bridgehead atoms. The molecular formula is C16H19N3O3. The van der Waals surface area contributed by atoms with E-state index in [1.807, 2.05) is 24.3 Å². The van der Waals surface area contributed by atoms with Crippen LogP contribution in [0.4, 0.5) is 0 Å². The van der Waals surface area contributed by atoms with Crippen LogP contribution in [0.5, 0.6) is 5.75 Å². The van der Waals surface area contributed by atoms with Gasteiger partial charge in [0.2, 0.25) is 0 Å². The molecule has 1 saturated carbocycles. The third-order valence-electron chi connectivity index (χ3n) is 4.08. The van der Waals surface area contributed by atoms with E-state index in [4.69, 9.17) is 4.74 Å². The molecule has 1 aromatic heterocycles. The summed E-state index contributed by atoms with van der Waals surface area (Å²) in [6.45, 7) is 0.616. The average Bonchev–Trinajstić information content (AvgIpc) is 3.18. The standard InChI is InChI=1S/C16H19N3O3/c1-22-13-4-2-12(3-5-13)19-9-6-14(18-19)15(21)17-10-16(11-20)7-8-16/h2-6,9,20H,7-8,10-11H2,1H3,(H,17,21). The van der Waals surface area contributed by atoms with Crippen molar-refractivity contribution in [2.45, 2.75) is 12.8 Å². The molecule has 2 aromatic rings. The molecule has 1 fully saturated rings. The lowest BCUT2D eigenvalue weighted by Crippen LogP contribution is -2.32. The topological polar surface area (TPSA) is 76.4 Å². The summed E-state index contributed by atoms with van der Waals surface area (Å²) in [5, 5.41) is 16.4. The van der Waals surface area contributed by atoms with E-state index in [0.717, 1.165) is 24.3 Å². The largest absolute Gasteiger partial charge is 0.497 e. The molecule has 1 amide bonds. The zero-order chi connectivity index (χ0) is 15.6. The van der Waals surface area contributed by atoms with E-state index in [1.54, 1.807) is 24.1 Å². The fourth-order valence-corrected chi connectivity index (χ4v) is 2.25. The highest BCUT2D eigenvalue weighted by atomic mass is 16.5. The Morgan fingerprint density at radius 3 is 2.68 bits per heavy atom. The molecular weight excluding hydrogens is 282 g/mol. The number of methoxy groups -OCH3 is 1. The summed E-state index contributed by atoms with van der Waals surface area (Å²) in [7, 11) is 1.62. The molecule has 0 unspecified atom stereocenters. The van der Waals surface area contributed by atoms with E-state index in [0.29, 0.717) is 12.2 Å². The first-order chi connectivity index (χ1) is 10.7. The van der Waals surface area contributed by atoms with Gasteiger partial charge in [-0.05, 0) is 43.2 Å². The van der Waals surface area contributed by atoms with Gasteiger partial charge in [-0.15, -0.1) is 0 Å². The number of ether oxygens (including phenoxy) is 1. The molecule has 1 heterocycles. The normalized spacial score (nSPS) is 15.4. The number of nitrogens with zero attached hydrogens (tertiary/aromatic N) is 2. The second kappa shape index (κ2) is 5.81. The Kier molecular flexibility index (Phi) is 3.85. The van der Waals surface area contributed by atoms with E-state index in [1.165, 1.54) is 0 Å². The van der Waals surface area contributed by atoms with Gasteiger partial charge in [-0.25, -0.2) is 4.68 Å². The lowest BCUT2D eigenvalue weighted by molar-refractivity contribution is 0.0930. The number of carbonyl (C=O) groups is 1. The Bertz CT molecular complexity index is 660. The van der Waals surface area contributed by atoms with Crippen LogP contribution >= 0.6 is 0 Å². The van der Waals surface area contributed by atoms with Crippen LogP contribution in [0.15, 0.2) is 36.5 Å². The molecule has 1 aromatic carbocycles. The Morgan fingerprint density at radius 2 is 2.09 bits per heavy atom. The monoisotopic (exact) mass is 301 g/mol. The number of benzene rings is 1. The molecule has 0 aliphatic heterocycles. The highest BCUT2D eigenvalue weighted by Crippen LogP contribution is 2.44. The second-order valence-corrected chi connectivity index (χ2v) is 5.68. The number of aliphatic hydroxyl groups excluding tert-OH is 1. The molecule has 3 rings (SSSR count). The molecule has 1 aliphatic carbocycles. The van der Waals surface area contributed by atoms with Crippen molar-refractivity contribution < 1.29 is 14.6 Å². The van der Waals surface area contributed by atoms with Crippen molar-refractivity contribution in [1.29, 1.82) is 0 Å². The van der Waals surface area contributed by atoms with Crippen LogP contribution in [0.3, 0.4) is 0 Å². The Labute approximate surface area is 128 Å². The molecule has 6 nitrogen and oxygen atoms in total. The first-order valence-corrected chi connectivity index (χ1v) is 7.25. The van der Waals surface area contributed by atoms with Gasteiger partial charge >= 0.3 is 0 Å². The van der Waals surface area contributed by atoms with Crippen molar-refractivity contribution in [3.05, 3.63) is 42.2 Å². The summed E-state index contributed by atoms with van der Waals surface area (Å²) in [5.41, 5.74) is 1.12. The Hall–Kier alpha value is -2.34. The Morgan fingerprint density at radius 1 is 1.36 bits per heavy atom. The third kappa shape index (κ3) is 2.96. The molecule has 6 heteroatoms. The fourth-order valence-electron chi connectivity index (χ4n) is 2.25. The van der Waals surface area contributed by atoms with E-state index < -0.39 is 0 Å². The van der Waals surface area contributed by atoms with Crippen LogP contribution in [-0.4, -0.2) is 41.1 Å². The van der Waals surface area contributed by atoms with Crippen molar-refractivity contribution in [2.75, 3.05) is 20.3 Å². The quantitative estimate of drug-likeness (QED) is 0.845. The van der Waals surface area contributed by atoms with Gasteiger partial charge in [0, 0.05) is 18.2 Å². The lowest BCUT2D eigenvalue weighted by Gasteiger charge is -2.11. The van der Waals surface area contributed by atoms with Crippen molar-refractivity contribution >= 4 is 5.91 Å². The number of amides is 1. The van der Waals surface area contributed by atoms with Crippen LogP contribution in [0.25, 0.3) is 5.69 Å². The molecule has 1 aliphatic rings. The second-order valence-electron chi connectivity index (χ2n) is 5.68. The van der Waals surface area contributed by atoms with E-state index in [-0.39, 0.29) is 17.9 Å². The van der Waals surface area contributed by atoms with E-state index in [2.05, 4.69) is 10.4 Å². The number of hydrogen-bond donors (Lipinski definition) is 2. The van der Waals surface area contributed by atoms with Gasteiger partial charge in [0.05, 0.1) is 19.4 Å². The number of hydrogen-bond acceptors (Lipinski definition) is 4. The van der Waals surface area contributed by atoms with Crippen LogP contribution in [0.1, 0.15) is 23.3 Å². The SMILES string of the molecule is COc1ccc(-n2ccc(C(=O)NCC3(CO)CC3)n2)cc1. The van der Waals surface area contributed by atoms with Gasteiger partial charge in [-0.2, -0.15) is 5.10 Å². The van der Waals surface area contributed by atoms with Crippen molar-refractivity contribution in [3.63, 3.8) is 0 Å². The summed E-state index contributed by atoms with van der Waals surface area (Å²) >= 11 is 0. The fraction of sp³-hybridized carbons (Fsp3) is 0.375. The summed E-state index contributed by atoms with van der Waals surface area (Å²) in [6.07, 6.45) is 3.67. The molecule has 116 valence electrons. The number of carbonyl (C=O) groups excluding carboxylic acids is 1. The molecule has 0 radical (unpaired) electrons. The summed E-state index contributed by atoms with van der Waals surface area (Å²) < 4.78 is 6.76. The van der Waals surface area contributed by atoms with Gasteiger partial charge in [0.25, 0.3) is 5.91 Å². The minimum Gasteiger partial charge on any atom is -0.497 e. The molecule has 22 heavy (non-hydrogen) atoms. The molecule has 0 spiro atoms. The first-order valence-electron chi connectivity index (χ1n) is 7.25. The maximum atomic E-state index is 12.1. The van der Waals surface area contributed by atoms with Gasteiger partial charge in [-0.3, -0.25) is 4.79 Å². The van der Waals surface area contributed by atoms with Crippen molar-refractivity contribution in [1.82, 2.24) is 15.1 Å². The minimum atomic E-state index is -0.216. The zero-order valence-corrected chi connectivity index (χ0v) is 12.5. The smallest absolute Gasteiger partial charge is 0.271 e. The minimum absolute atomic E-state index is 0.103. The van der Waals surface area contributed by atoms with Gasteiger partial charge in [-0.1, -0.05) is 0 Å². The maximum Gasteiger partial charge on any atom is 0.271 e. The molecule has 2 N–H and O–H groups in total. The van der Waals surface area contributed by atoms with Crippen LogP contribution in [0, 0.1) is 5.41 Å².